The minimum Gasteiger partial charge on any atom is -0.496 e. The summed E-state index contributed by atoms with van der Waals surface area (Å²) in [4.78, 5) is 31.4. The molecule has 1 aromatic heterocycles. The zero-order valence-corrected chi connectivity index (χ0v) is 15.3. The third-order valence-electron chi connectivity index (χ3n) is 4.97. The van der Waals surface area contributed by atoms with Crippen molar-refractivity contribution in [3.05, 3.63) is 24.0 Å². The number of ether oxygens (including phenoxy) is 2. The van der Waals surface area contributed by atoms with Crippen molar-refractivity contribution in [2.75, 3.05) is 7.11 Å². The Balaban J connectivity index is 1.73. The van der Waals surface area contributed by atoms with Crippen LogP contribution in [0.15, 0.2) is 18.5 Å². The van der Waals surface area contributed by atoms with Gasteiger partial charge in [0.15, 0.2) is 5.78 Å². The third-order valence-corrected chi connectivity index (χ3v) is 4.97. The van der Waals surface area contributed by atoms with E-state index in [0.29, 0.717) is 24.2 Å². The number of nitrogens with zero attached hydrogens (tertiary/aromatic N) is 2. The molecule has 1 aromatic rings. The number of amides is 1. The highest BCUT2D eigenvalue weighted by molar-refractivity contribution is 6.00. The molecule has 2 unspecified atom stereocenters. The van der Waals surface area contributed by atoms with E-state index in [1.165, 1.54) is 0 Å². The lowest BCUT2D eigenvalue weighted by Crippen LogP contribution is -2.49. The number of fused-ring (bicyclic) bond motifs is 2. The molecule has 0 aromatic carbocycles. The molecule has 2 fully saturated rings. The van der Waals surface area contributed by atoms with E-state index in [-0.39, 0.29) is 29.9 Å². The number of methoxy groups -OCH3 is 1. The van der Waals surface area contributed by atoms with Crippen molar-refractivity contribution >= 4 is 11.9 Å². The fourth-order valence-corrected chi connectivity index (χ4v) is 3.97. The minimum absolute atomic E-state index is 0.0608. The van der Waals surface area contributed by atoms with E-state index in [1.807, 2.05) is 25.7 Å². The van der Waals surface area contributed by atoms with Gasteiger partial charge >= 0.3 is 6.09 Å². The molecule has 0 spiro atoms. The largest absolute Gasteiger partial charge is 0.496 e. The predicted octanol–water partition coefficient (Wildman–Crippen LogP) is 3.45. The fraction of sp³-hybridized carbons (Fsp3) is 0.632. The molecule has 136 valence electrons. The van der Waals surface area contributed by atoms with Gasteiger partial charge in [0, 0.05) is 30.4 Å². The molecule has 2 atom stereocenters. The molecule has 0 saturated carbocycles. The Hall–Kier alpha value is -2.11. The molecule has 3 rings (SSSR count). The van der Waals surface area contributed by atoms with E-state index in [0.717, 1.165) is 12.8 Å². The predicted molar refractivity (Wildman–Crippen MR) is 92.7 cm³/mol. The van der Waals surface area contributed by atoms with Gasteiger partial charge in [0.1, 0.15) is 11.4 Å². The lowest BCUT2D eigenvalue weighted by atomic mass is 9.85. The number of aromatic nitrogens is 1. The Kier molecular flexibility index (Phi) is 4.71. The van der Waals surface area contributed by atoms with Crippen LogP contribution in [0.3, 0.4) is 0 Å². The van der Waals surface area contributed by atoms with E-state index in [1.54, 1.807) is 25.6 Å². The molecule has 1 amide bonds. The number of Topliss-reactive ketones (excluding diaryl/α,β-unsaturated/α-hetero) is 1. The van der Waals surface area contributed by atoms with Crippen LogP contribution in [0.2, 0.25) is 0 Å². The van der Waals surface area contributed by atoms with Crippen LogP contribution in [0.25, 0.3) is 0 Å². The SMILES string of the molecule is COc1ccncc1C(=O)C1CC2CCC(C1)N2C(=O)OC(C)(C)C. The lowest BCUT2D eigenvalue weighted by molar-refractivity contribution is 0.00251. The first kappa shape index (κ1) is 17.7. The van der Waals surface area contributed by atoms with Crippen molar-refractivity contribution in [1.82, 2.24) is 9.88 Å². The van der Waals surface area contributed by atoms with Gasteiger partial charge in [-0.1, -0.05) is 0 Å². The van der Waals surface area contributed by atoms with E-state index < -0.39 is 5.60 Å². The van der Waals surface area contributed by atoms with Crippen LogP contribution in [0.5, 0.6) is 5.75 Å². The topological polar surface area (TPSA) is 68.7 Å². The smallest absolute Gasteiger partial charge is 0.410 e. The van der Waals surface area contributed by atoms with E-state index in [9.17, 15) is 9.59 Å². The Morgan fingerprint density at radius 2 is 1.84 bits per heavy atom. The van der Waals surface area contributed by atoms with Gasteiger partial charge in [-0.3, -0.25) is 9.78 Å². The first-order chi connectivity index (χ1) is 11.8. The number of hydrogen-bond donors (Lipinski definition) is 0. The number of carbonyl (C=O) groups is 2. The highest BCUT2D eigenvalue weighted by Crippen LogP contribution is 2.41. The summed E-state index contributed by atoms with van der Waals surface area (Å²) in [5, 5.41) is 0. The molecule has 25 heavy (non-hydrogen) atoms. The highest BCUT2D eigenvalue weighted by atomic mass is 16.6. The van der Waals surface area contributed by atoms with Crippen molar-refractivity contribution in [3.63, 3.8) is 0 Å². The first-order valence-corrected chi connectivity index (χ1v) is 8.83. The van der Waals surface area contributed by atoms with E-state index in [4.69, 9.17) is 9.47 Å². The van der Waals surface area contributed by atoms with Gasteiger partial charge in [0.2, 0.25) is 0 Å². The van der Waals surface area contributed by atoms with Gasteiger partial charge < -0.3 is 14.4 Å². The van der Waals surface area contributed by atoms with Crippen molar-refractivity contribution < 1.29 is 19.1 Å². The minimum atomic E-state index is -0.508. The van der Waals surface area contributed by atoms with Crippen LogP contribution in [0, 0.1) is 5.92 Å². The van der Waals surface area contributed by atoms with Gasteiger partial charge in [0.25, 0.3) is 0 Å². The van der Waals surface area contributed by atoms with Crippen molar-refractivity contribution in [3.8, 4) is 5.75 Å². The fourth-order valence-electron chi connectivity index (χ4n) is 3.97. The summed E-state index contributed by atoms with van der Waals surface area (Å²) in [5.74, 6) is 0.516. The quantitative estimate of drug-likeness (QED) is 0.784. The van der Waals surface area contributed by atoms with Crippen LogP contribution in [-0.4, -0.2) is 46.6 Å². The second kappa shape index (κ2) is 6.65. The summed E-state index contributed by atoms with van der Waals surface area (Å²) < 4.78 is 10.8. The number of pyridine rings is 1. The average Bonchev–Trinajstić information content (AvgIpc) is 2.83. The van der Waals surface area contributed by atoms with Gasteiger partial charge in [-0.25, -0.2) is 4.79 Å². The molecule has 2 saturated heterocycles. The number of hydrogen-bond acceptors (Lipinski definition) is 5. The number of piperidine rings is 1. The van der Waals surface area contributed by atoms with Gasteiger partial charge in [-0.15, -0.1) is 0 Å². The lowest BCUT2D eigenvalue weighted by Gasteiger charge is -2.39. The summed E-state index contributed by atoms with van der Waals surface area (Å²) in [5.41, 5.74) is 0.0202. The molecular formula is C19H26N2O4. The Labute approximate surface area is 148 Å². The van der Waals surface area contributed by atoms with Crippen LogP contribution >= 0.6 is 0 Å². The van der Waals surface area contributed by atoms with E-state index >= 15 is 0 Å². The standard InChI is InChI=1S/C19H26N2O4/c1-19(2,3)25-18(23)21-13-5-6-14(21)10-12(9-13)17(22)15-11-20-8-7-16(15)24-4/h7-8,11-14H,5-6,9-10H2,1-4H3. The van der Waals surface area contributed by atoms with E-state index in [2.05, 4.69) is 4.98 Å². The molecule has 0 radical (unpaired) electrons. The number of carbonyl (C=O) groups excluding carboxylic acids is 2. The second-order valence-electron chi connectivity index (χ2n) is 7.88. The molecule has 2 bridgehead atoms. The summed E-state index contributed by atoms with van der Waals surface area (Å²) in [7, 11) is 1.56. The number of ketones is 1. The summed E-state index contributed by atoms with van der Waals surface area (Å²) in [6.45, 7) is 5.62. The maximum Gasteiger partial charge on any atom is 0.410 e. The molecule has 6 heteroatoms. The van der Waals surface area contributed by atoms with Gasteiger partial charge in [0.05, 0.1) is 12.7 Å². The van der Waals surface area contributed by atoms with Crippen LogP contribution in [-0.2, 0) is 4.74 Å². The van der Waals surface area contributed by atoms with Crippen molar-refractivity contribution in [2.45, 2.75) is 64.1 Å². The van der Waals surface area contributed by atoms with Gasteiger partial charge in [-0.05, 0) is 52.5 Å². The van der Waals surface area contributed by atoms with Crippen molar-refractivity contribution in [1.29, 1.82) is 0 Å². The molecule has 6 nitrogen and oxygen atoms in total. The van der Waals surface area contributed by atoms with Crippen LogP contribution in [0.1, 0.15) is 56.8 Å². The maximum atomic E-state index is 12.9. The Morgan fingerprint density at radius 3 is 2.40 bits per heavy atom. The molecule has 3 heterocycles. The molecular weight excluding hydrogens is 320 g/mol. The molecule has 2 aliphatic rings. The second-order valence-corrected chi connectivity index (χ2v) is 7.88. The Bertz CT molecular complexity index is 654. The molecule has 2 aliphatic heterocycles. The normalized spacial score (nSPS) is 25.6. The summed E-state index contributed by atoms with van der Waals surface area (Å²) >= 11 is 0. The third kappa shape index (κ3) is 3.62. The zero-order valence-electron chi connectivity index (χ0n) is 15.3. The Morgan fingerprint density at radius 1 is 1.20 bits per heavy atom. The highest BCUT2D eigenvalue weighted by Gasteiger charge is 2.46. The molecule has 0 aliphatic carbocycles. The maximum absolute atomic E-state index is 12.9. The van der Waals surface area contributed by atoms with Gasteiger partial charge in [-0.2, -0.15) is 0 Å². The van der Waals surface area contributed by atoms with Crippen LogP contribution in [0.4, 0.5) is 4.79 Å². The van der Waals surface area contributed by atoms with Crippen molar-refractivity contribution in [2.24, 2.45) is 5.92 Å². The average molecular weight is 346 g/mol. The summed E-state index contributed by atoms with van der Waals surface area (Å²) in [6, 6.07) is 1.85. The zero-order chi connectivity index (χ0) is 18.2. The molecule has 0 N–H and O–H groups in total. The monoisotopic (exact) mass is 346 g/mol. The summed E-state index contributed by atoms with van der Waals surface area (Å²) in [6.07, 6.45) is 6.13. The first-order valence-electron chi connectivity index (χ1n) is 8.83. The number of rotatable bonds is 3. The van der Waals surface area contributed by atoms with Crippen LogP contribution < -0.4 is 4.74 Å².